The zero-order valence-corrected chi connectivity index (χ0v) is 19.1. The Labute approximate surface area is 188 Å². The maximum absolute atomic E-state index is 12.6. The molecule has 1 heterocycles. The number of hydrogen-bond donors (Lipinski definition) is 2. The van der Waals surface area contributed by atoms with Crippen LogP contribution in [0.4, 0.5) is 5.69 Å². The first-order chi connectivity index (χ1) is 14.9. The van der Waals surface area contributed by atoms with Crippen LogP contribution in [-0.2, 0) is 4.79 Å². The fraction of sp³-hybridized carbons (Fsp3) is 0.333. The Kier molecular flexibility index (Phi) is 7.13. The molecule has 0 aromatic heterocycles. The standard InChI is InChI=1S/C24H27N3O3S/c1-5-6-11-30-20-10-8-17(13-21(20)29-4)22-26-23(28)19(14-25)24(31)27(22)18-9-7-15(2)16(3)12-18/h7-10,12-13,22,31H,5-6,11H2,1-4H3,(H,26,28). The first-order valence-electron chi connectivity index (χ1n) is 10.2. The second kappa shape index (κ2) is 9.80. The number of rotatable bonds is 7. The van der Waals surface area contributed by atoms with Crippen molar-refractivity contribution in [1.29, 1.82) is 5.26 Å². The summed E-state index contributed by atoms with van der Waals surface area (Å²) < 4.78 is 11.4. The highest BCUT2D eigenvalue weighted by Crippen LogP contribution is 2.39. The van der Waals surface area contributed by atoms with Crippen molar-refractivity contribution >= 4 is 24.2 Å². The molecule has 3 rings (SSSR count). The number of unbranched alkanes of at least 4 members (excludes halogenated alkanes) is 1. The summed E-state index contributed by atoms with van der Waals surface area (Å²) in [6.07, 6.45) is 1.44. The van der Waals surface area contributed by atoms with E-state index in [1.807, 2.05) is 61.2 Å². The number of nitrogens with zero attached hydrogens (tertiary/aromatic N) is 2. The summed E-state index contributed by atoms with van der Waals surface area (Å²) in [5, 5.41) is 12.7. The number of benzene rings is 2. The number of ether oxygens (including phenoxy) is 2. The summed E-state index contributed by atoms with van der Waals surface area (Å²) in [5.41, 5.74) is 3.85. The van der Waals surface area contributed by atoms with Crippen LogP contribution < -0.4 is 19.7 Å². The van der Waals surface area contributed by atoms with Gasteiger partial charge >= 0.3 is 0 Å². The minimum absolute atomic E-state index is 0.0238. The summed E-state index contributed by atoms with van der Waals surface area (Å²) >= 11 is 4.56. The lowest BCUT2D eigenvalue weighted by Crippen LogP contribution is -2.46. The second-order valence-corrected chi connectivity index (χ2v) is 7.86. The van der Waals surface area contributed by atoms with Gasteiger partial charge in [0.15, 0.2) is 11.5 Å². The van der Waals surface area contributed by atoms with E-state index in [0.717, 1.165) is 35.2 Å². The lowest BCUT2D eigenvalue weighted by Gasteiger charge is -2.38. The predicted octanol–water partition coefficient (Wildman–Crippen LogP) is 4.79. The van der Waals surface area contributed by atoms with Crippen molar-refractivity contribution in [3.8, 4) is 17.6 Å². The Balaban J connectivity index is 2.07. The zero-order chi connectivity index (χ0) is 22.5. The van der Waals surface area contributed by atoms with Crippen LogP contribution in [0.5, 0.6) is 11.5 Å². The van der Waals surface area contributed by atoms with E-state index < -0.39 is 12.1 Å². The number of nitriles is 1. The third kappa shape index (κ3) is 4.64. The average molecular weight is 438 g/mol. The number of carbonyl (C=O) groups is 1. The summed E-state index contributed by atoms with van der Waals surface area (Å²) in [6.45, 7) is 6.77. The van der Waals surface area contributed by atoms with Crippen LogP contribution in [0.3, 0.4) is 0 Å². The number of thiol groups is 1. The van der Waals surface area contributed by atoms with Crippen LogP contribution >= 0.6 is 12.6 Å². The third-order valence-electron chi connectivity index (χ3n) is 5.34. The lowest BCUT2D eigenvalue weighted by molar-refractivity contribution is -0.118. The summed E-state index contributed by atoms with van der Waals surface area (Å²) in [5.74, 6) is 0.775. The van der Waals surface area contributed by atoms with E-state index in [0.29, 0.717) is 23.1 Å². The van der Waals surface area contributed by atoms with Gasteiger partial charge in [0.1, 0.15) is 17.8 Å². The molecular formula is C24H27N3O3S. The number of amides is 1. The fourth-order valence-corrected chi connectivity index (χ4v) is 3.77. The van der Waals surface area contributed by atoms with E-state index in [2.05, 4.69) is 24.9 Å². The van der Waals surface area contributed by atoms with Crippen molar-refractivity contribution in [3.63, 3.8) is 0 Å². The number of nitrogens with one attached hydrogen (secondary N) is 1. The van der Waals surface area contributed by atoms with Crippen LogP contribution in [-0.4, -0.2) is 19.6 Å². The van der Waals surface area contributed by atoms with Crippen molar-refractivity contribution in [1.82, 2.24) is 5.32 Å². The molecule has 0 bridgehead atoms. The second-order valence-electron chi connectivity index (χ2n) is 7.44. The molecule has 0 spiro atoms. The maximum Gasteiger partial charge on any atom is 0.266 e. The molecule has 1 aliphatic heterocycles. The zero-order valence-electron chi connectivity index (χ0n) is 18.2. The molecule has 2 aromatic rings. The molecule has 1 atom stereocenters. The van der Waals surface area contributed by atoms with Crippen molar-refractivity contribution in [2.24, 2.45) is 0 Å². The molecule has 0 radical (unpaired) electrons. The first-order valence-corrected chi connectivity index (χ1v) is 10.7. The van der Waals surface area contributed by atoms with Gasteiger partial charge in [-0.1, -0.05) is 25.5 Å². The average Bonchev–Trinajstić information content (AvgIpc) is 2.76. The maximum atomic E-state index is 12.6. The molecule has 162 valence electrons. The molecule has 7 heteroatoms. The van der Waals surface area contributed by atoms with Gasteiger partial charge in [0, 0.05) is 5.69 Å². The molecule has 1 amide bonds. The quantitative estimate of drug-likeness (QED) is 0.481. The molecule has 31 heavy (non-hydrogen) atoms. The van der Waals surface area contributed by atoms with Gasteiger partial charge in [-0.2, -0.15) is 5.26 Å². The van der Waals surface area contributed by atoms with E-state index in [1.54, 1.807) is 7.11 Å². The number of aryl methyl sites for hydroxylation is 2. The first kappa shape index (κ1) is 22.6. The van der Waals surface area contributed by atoms with E-state index >= 15 is 0 Å². The Bertz CT molecular complexity index is 1060. The third-order valence-corrected chi connectivity index (χ3v) is 5.78. The van der Waals surface area contributed by atoms with E-state index in [-0.39, 0.29) is 5.57 Å². The smallest absolute Gasteiger partial charge is 0.266 e. The number of anilines is 1. The van der Waals surface area contributed by atoms with Crippen molar-refractivity contribution in [2.75, 3.05) is 18.6 Å². The predicted molar refractivity (Wildman–Crippen MR) is 124 cm³/mol. The molecular weight excluding hydrogens is 410 g/mol. The molecule has 0 aliphatic carbocycles. The van der Waals surface area contributed by atoms with Crippen molar-refractivity contribution in [3.05, 3.63) is 63.7 Å². The van der Waals surface area contributed by atoms with E-state index in [9.17, 15) is 10.1 Å². The molecule has 0 fully saturated rings. The van der Waals surface area contributed by atoms with Gasteiger partial charge in [-0.3, -0.25) is 4.79 Å². The highest BCUT2D eigenvalue weighted by Gasteiger charge is 2.34. The molecule has 1 aliphatic rings. The lowest BCUT2D eigenvalue weighted by atomic mass is 10.0. The largest absolute Gasteiger partial charge is 0.493 e. The topological polar surface area (TPSA) is 74.6 Å². The number of carbonyl (C=O) groups excluding carboxylic acids is 1. The van der Waals surface area contributed by atoms with Gasteiger partial charge in [-0.05, 0) is 61.2 Å². The van der Waals surface area contributed by atoms with E-state index in [1.165, 1.54) is 0 Å². The molecule has 6 nitrogen and oxygen atoms in total. The van der Waals surface area contributed by atoms with Crippen LogP contribution in [0.2, 0.25) is 0 Å². The fourth-order valence-electron chi connectivity index (χ4n) is 3.39. The van der Waals surface area contributed by atoms with Gasteiger partial charge in [-0.15, -0.1) is 12.6 Å². The van der Waals surface area contributed by atoms with Gasteiger partial charge in [0.05, 0.1) is 18.7 Å². The Morgan fingerprint density at radius 2 is 1.94 bits per heavy atom. The van der Waals surface area contributed by atoms with Crippen molar-refractivity contribution in [2.45, 2.75) is 39.8 Å². The molecule has 1 unspecified atom stereocenters. The summed E-state index contributed by atoms with van der Waals surface area (Å²) in [7, 11) is 1.59. The van der Waals surface area contributed by atoms with Gasteiger partial charge < -0.3 is 19.7 Å². The van der Waals surface area contributed by atoms with E-state index in [4.69, 9.17) is 9.47 Å². The van der Waals surface area contributed by atoms with Crippen LogP contribution in [0.15, 0.2) is 47.0 Å². The van der Waals surface area contributed by atoms with Crippen molar-refractivity contribution < 1.29 is 14.3 Å². The SMILES string of the molecule is CCCCOc1ccc(C2NC(=O)C(C#N)=C(S)N2c2ccc(C)c(C)c2)cc1OC. The Morgan fingerprint density at radius 3 is 2.58 bits per heavy atom. The highest BCUT2D eigenvalue weighted by molar-refractivity contribution is 7.84. The Morgan fingerprint density at radius 1 is 1.16 bits per heavy atom. The van der Waals surface area contributed by atoms with Gasteiger partial charge in [0.2, 0.25) is 0 Å². The van der Waals surface area contributed by atoms with Crippen LogP contribution in [0, 0.1) is 25.2 Å². The minimum atomic E-state index is -0.558. The molecule has 1 N–H and O–H groups in total. The molecule has 0 saturated heterocycles. The molecule has 2 aromatic carbocycles. The Hall–Kier alpha value is -3.11. The summed E-state index contributed by atoms with van der Waals surface area (Å²) in [6, 6.07) is 13.5. The highest BCUT2D eigenvalue weighted by atomic mass is 32.1. The monoisotopic (exact) mass is 437 g/mol. The minimum Gasteiger partial charge on any atom is -0.493 e. The van der Waals surface area contributed by atoms with Gasteiger partial charge in [-0.25, -0.2) is 0 Å². The normalized spacial score (nSPS) is 16.1. The number of hydrogen-bond acceptors (Lipinski definition) is 6. The van der Waals surface area contributed by atoms with Crippen LogP contribution in [0.1, 0.15) is 42.6 Å². The molecule has 0 saturated carbocycles. The van der Waals surface area contributed by atoms with Gasteiger partial charge in [0.25, 0.3) is 5.91 Å². The van der Waals surface area contributed by atoms with Crippen LogP contribution in [0.25, 0.3) is 0 Å². The number of methoxy groups -OCH3 is 1. The summed E-state index contributed by atoms with van der Waals surface area (Å²) in [4.78, 5) is 14.4.